The summed E-state index contributed by atoms with van der Waals surface area (Å²) in [6, 6.07) is 10.0. The summed E-state index contributed by atoms with van der Waals surface area (Å²) in [4.78, 5) is 7.07. The molecule has 118 valence electrons. The van der Waals surface area contributed by atoms with E-state index in [4.69, 9.17) is 9.78 Å². The summed E-state index contributed by atoms with van der Waals surface area (Å²) in [6.45, 7) is 2.99. The Balaban J connectivity index is 1.40. The molecule has 0 bridgehead atoms. The predicted molar refractivity (Wildman–Crippen MR) is 84.7 cm³/mol. The van der Waals surface area contributed by atoms with E-state index in [-0.39, 0.29) is 0 Å². The number of hydrogen-bond acceptors (Lipinski definition) is 5. The third-order valence-electron chi connectivity index (χ3n) is 4.74. The zero-order valence-electron chi connectivity index (χ0n) is 13.1. The van der Waals surface area contributed by atoms with Gasteiger partial charge in [-0.1, -0.05) is 17.3 Å². The van der Waals surface area contributed by atoms with Crippen LogP contribution in [0.4, 0.5) is 0 Å². The first-order valence-corrected chi connectivity index (χ1v) is 8.37. The Morgan fingerprint density at radius 2 is 2.00 bits per heavy atom. The van der Waals surface area contributed by atoms with E-state index >= 15 is 0 Å². The summed E-state index contributed by atoms with van der Waals surface area (Å²) in [5, 5.41) is 13.1. The van der Waals surface area contributed by atoms with Gasteiger partial charge in [0.05, 0.1) is 11.6 Å². The Bertz CT molecular complexity index is 711. The monoisotopic (exact) mass is 308 g/mol. The van der Waals surface area contributed by atoms with Crippen molar-refractivity contribution in [2.45, 2.75) is 44.1 Å². The Labute approximate surface area is 135 Å². The van der Waals surface area contributed by atoms with Crippen molar-refractivity contribution >= 4 is 0 Å². The van der Waals surface area contributed by atoms with Gasteiger partial charge in [-0.15, -0.1) is 0 Å². The van der Waals surface area contributed by atoms with Crippen molar-refractivity contribution in [1.82, 2.24) is 15.0 Å². The lowest BCUT2D eigenvalue weighted by Crippen LogP contribution is -2.34. The van der Waals surface area contributed by atoms with Crippen molar-refractivity contribution in [3.8, 4) is 6.07 Å². The fraction of sp³-hybridized carbons (Fsp3) is 0.500. The molecule has 5 nitrogen and oxygen atoms in total. The topological polar surface area (TPSA) is 66.0 Å². The first kappa shape index (κ1) is 14.4. The third-order valence-corrected chi connectivity index (χ3v) is 4.74. The highest BCUT2D eigenvalue weighted by molar-refractivity contribution is 5.31. The maximum Gasteiger partial charge on any atom is 0.229 e. The van der Waals surface area contributed by atoms with Crippen LogP contribution in [0.2, 0.25) is 0 Å². The standard InChI is InChI=1S/C18H20N4O/c19-10-13-3-5-14(6-4-13)11-22-9-1-2-16(12-22)17-20-18(23-21-17)15-7-8-15/h3-6,15-16H,1-2,7-9,11-12H2/t16-/m1/s1. The number of hydrogen-bond donors (Lipinski definition) is 0. The second kappa shape index (κ2) is 6.13. The molecule has 2 aliphatic rings. The van der Waals surface area contributed by atoms with Crippen LogP contribution in [-0.4, -0.2) is 28.1 Å². The molecule has 1 aliphatic heterocycles. The molecule has 1 saturated carbocycles. The molecular formula is C18H20N4O. The molecule has 0 unspecified atom stereocenters. The molecule has 1 atom stereocenters. The van der Waals surface area contributed by atoms with E-state index in [1.807, 2.05) is 24.3 Å². The molecule has 0 N–H and O–H groups in total. The van der Waals surface area contributed by atoms with Crippen LogP contribution in [0.3, 0.4) is 0 Å². The number of likely N-dealkylation sites (tertiary alicyclic amines) is 1. The average molecular weight is 308 g/mol. The quantitative estimate of drug-likeness (QED) is 0.867. The summed E-state index contributed by atoms with van der Waals surface area (Å²) < 4.78 is 5.41. The van der Waals surface area contributed by atoms with Crippen molar-refractivity contribution in [3.05, 3.63) is 47.1 Å². The minimum atomic E-state index is 0.374. The van der Waals surface area contributed by atoms with Gasteiger partial charge in [-0.3, -0.25) is 4.90 Å². The number of aromatic nitrogens is 2. The van der Waals surface area contributed by atoms with Gasteiger partial charge < -0.3 is 4.52 Å². The van der Waals surface area contributed by atoms with E-state index in [1.165, 1.54) is 18.4 Å². The highest BCUT2D eigenvalue weighted by Gasteiger charge is 2.32. The maximum absolute atomic E-state index is 8.87. The summed E-state index contributed by atoms with van der Waals surface area (Å²) in [7, 11) is 0. The van der Waals surface area contributed by atoms with Gasteiger partial charge in [0, 0.05) is 24.9 Å². The maximum atomic E-state index is 8.87. The number of nitriles is 1. The molecule has 1 aromatic heterocycles. The van der Waals surface area contributed by atoms with Gasteiger partial charge in [0.25, 0.3) is 0 Å². The Hall–Kier alpha value is -2.19. The molecule has 4 rings (SSSR count). The fourth-order valence-electron chi connectivity index (χ4n) is 3.26. The van der Waals surface area contributed by atoms with E-state index < -0.39 is 0 Å². The molecule has 0 amide bonds. The molecule has 5 heteroatoms. The summed E-state index contributed by atoms with van der Waals surface area (Å²) in [6.07, 6.45) is 4.68. The van der Waals surface area contributed by atoms with Gasteiger partial charge in [0.2, 0.25) is 5.89 Å². The van der Waals surface area contributed by atoms with Gasteiger partial charge in [-0.2, -0.15) is 10.2 Å². The Morgan fingerprint density at radius 3 is 2.74 bits per heavy atom. The van der Waals surface area contributed by atoms with Crippen LogP contribution in [0, 0.1) is 11.3 Å². The summed E-state index contributed by atoms with van der Waals surface area (Å²) in [5.41, 5.74) is 1.96. The second-order valence-corrected chi connectivity index (χ2v) is 6.65. The van der Waals surface area contributed by atoms with Crippen LogP contribution in [0.15, 0.2) is 28.8 Å². The molecule has 1 saturated heterocycles. The smallest absolute Gasteiger partial charge is 0.229 e. The van der Waals surface area contributed by atoms with E-state index in [1.54, 1.807) is 0 Å². The van der Waals surface area contributed by atoms with Gasteiger partial charge in [-0.25, -0.2) is 0 Å². The van der Waals surface area contributed by atoms with Crippen molar-refractivity contribution in [1.29, 1.82) is 5.26 Å². The molecule has 2 fully saturated rings. The fourth-order valence-corrected chi connectivity index (χ4v) is 3.26. The van der Waals surface area contributed by atoms with Crippen LogP contribution >= 0.6 is 0 Å². The summed E-state index contributed by atoms with van der Waals surface area (Å²) in [5.74, 6) is 2.62. The molecule has 0 radical (unpaired) electrons. The SMILES string of the molecule is N#Cc1ccc(CN2CCC[C@@H](c3noc(C4CC4)n3)C2)cc1. The van der Waals surface area contributed by atoms with Gasteiger partial charge in [0.15, 0.2) is 5.82 Å². The third kappa shape index (κ3) is 3.27. The number of piperidine rings is 1. The largest absolute Gasteiger partial charge is 0.339 e. The molecule has 2 heterocycles. The zero-order valence-corrected chi connectivity index (χ0v) is 13.1. The molecular weight excluding hydrogens is 288 g/mol. The van der Waals surface area contributed by atoms with Crippen molar-refractivity contribution in [2.24, 2.45) is 0 Å². The molecule has 1 aliphatic carbocycles. The summed E-state index contributed by atoms with van der Waals surface area (Å²) >= 11 is 0. The average Bonchev–Trinajstić information content (AvgIpc) is 3.33. The Morgan fingerprint density at radius 1 is 1.17 bits per heavy atom. The van der Waals surface area contributed by atoms with Crippen LogP contribution in [0.25, 0.3) is 0 Å². The molecule has 0 spiro atoms. The van der Waals surface area contributed by atoms with Gasteiger partial charge >= 0.3 is 0 Å². The second-order valence-electron chi connectivity index (χ2n) is 6.65. The van der Waals surface area contributed by atoms with Crippen LogP contribution in [0.1, 0.15) is 60.4 Å². The zero-order chi connectivity index (χ0) is 15.6. The van der Waals surface area contributed by atoms with Crippen molar-refractivity contribution in [3.63, 3.8) is 0 Å². The number of rotatable bonds is 4. The molecule has 1 aromatic carbocycles. The highest BCUT2D eigenvalue weighted by atomic mass is 16.5. The lowest BCUT2D eigenvalue weighted by molar-refractivity contribution is 0.194. The first-order chi connectivity index (χ1) is 11.3. The minimum absolute atomic E-state index is 0.374. The number of benzene rings is 1. The van der Waals surface area contributed by atoms with Crippen LogP contribution < -0.4 is 0 Å². The lowest BCUT2D eigenvalue weighted by Gasteiger charge is -2.31. The van der Waals surface area contributed by atoms with E-state index in [2.05, 4.69) is 21.1 Å². The molecule has 23 heavy (non-hydrogen) atoms. The first-order valence-electron chi connectivity index (χ1n) is 8.37. The van der Waals surface area contributed by atoms with Crippen LogP contribution in [0.5, 0.6) is 0 Å². The lowest BCUT2D eigenvalue weighted by atomic mass is 9.97. The van der Waals surface area contributed by atoms with E-state index in [0.717, 1.165) is 44.2 Å². The number of nitrogens with zero attached hydrogens (tertiary/aromatic N) is 4. The van der Waals surface area contributed by atoms with Crippen molar-refractivity contribution in [2.75, 3.05) is 13.1 Å². The van der Waals surface area contributed by atoms with Crippen molar-refractivity contribution < 1.29 is 4.52 Å². The highest BCUT2D eigenvalue weighted by Crippen LogP contribution is 2.39. The van der Waals surface area contributed by atoms with Gasteiger partial charge in [0.1, 0.15) is 0 Å². The Kier molecular flexibility index (Phi) is 3.84. The van der Waals surface area contributed by atoms with E-state index in [9.17, 15) is 0 Å². The normalized spacial score (nSPS) is 22.0. The molecule has 2 aromatic rings. The van der Waals surface area contributed by atoms with E-state index in [0.29, 0.717) is 17.4 Å². The minimum Gasteiger partial charge on any atom is -0.339 e. The predicted octanol–water partition coefficient (Wildman–Crippen LogP) is 3.20. The van der Waals surface area contributed by atoms with Gasteiger partial charge in [-0.05, 0) is 49.9 Å². The van der Waals surface area contributed by atoms with Crippen LogP contribution in [-0.2, 0) is 6.54 Å².